The molecular formula is C14H19ClFN. The lowest BCUT2D eigenvalue weighted by Crippen LogP contribution is -2.33. The van der Waals surface area contributed by atoms with Gasteiger partial charge in [0.05, 0.1) is 5.69 Å². The second kappa shape index (κ2) is 5.26. The first-order chi connectivity index (χ1) is 8.06. The number of hydrogen-bond donors (Lipinski definition) is 1. The van der Waals surface area contributed by atoms with E-state index in [2.05, 4.69) is 19.2 Å². The van der Waals surface area contributed by atoms with Gasteiger partial charge < -0.3 is 5.32 Å². The fourth-order valence-electron chi connectivity index (χ4n) is 2.69. The lowest BCUT2D eigenvalue weighted by Gasteiger charge is -2.33. The lowest BCUT2D eigenvalue weighted by atomic mass is 9.80. The van der Waals surface area contributed by atoms with Crippen molar-refractivity contribution < 1.29 is 4.39 Å². The van der Waals surface area contributed by atoms with E-state index < -0.39 is 0 Å². The number of halogens is 2. The Hall–Kier alpha value is -0.760. The van der Waals surface area contributed by atoms with E-state index in [0.717, 1.165) is 12.3 Å². The highest BCUT2D eigenvalue weighted by molar-refractivity contribution is 6.30. The molecule has 94 valence electrons. The van der Waals surface area contributed by atoms with Crippen LogP contribution in [-0.4, -0.2) is 6.04 Å². The minimum atomic E-state index is -0.261. The minimum absolute atomic E-state index is 0.261. The van der Waals surface area contributed by atoms with Crippen molar-refractivity contribution in [2.45, 2.75) is 39.2 Å². The van der Waals surface area contributed by atoms with Gasteiger partial charge in [0.15, 0.2) is 0 Å². The highest BCUT2D eigenvalue weighted by Crippen LogP contribution is 2.31. The second-order valence-corrected chi connectivity index (χ2v) is 5.71. The fraction of sp³-hybridized carbons (Fsp3) is 0.571. The molecule has 0 spiro atoms. The van der Waals surface area contributed by atoms with Crippen molar-refractivity contribution in [2.75, 3.05) is 5.32 Å². The van der Waals surface area contributed by atoms with E-state index in [-0.39, 0.29) is 5.82 Å². The zero-order valence-corrected chi connectivity index (χ0v) is 11.1. The molecule has 1 aromatic carbocycles. The lowest BCUT2D eigenvalue weighted by molar-refractivity contribution is 0.276. The SMILES string of the molecule is CC1CCC(Nc2ccc(Cl)cc2F)C(C)C1. The van der Waals surface area contributed by atoms with Gasteiger partial charge in [0.25, 0.3) is 0 Å². The molecule has 2 rings (SSSR count). The van der Waals surface area contributed by atoms with Crippen molar-refractivity contribution in [1.29, 1.82) is 0 Å². The molecule has 1 aliphatic rings. The minimum Gasteiger partial charge on any atom is -0.380 e. The van der Waals surface area contributed by atoms with Crippen LogP contribution in [-0.2, 0) is 0 Å². The smallest absolute Gasteiger partial charge is 0.147 e. The van der Waals surface area contributed by atoms with E-state index in [9.17, 15) is 4.39 Å². The topological polar surface area (TPSA) is 12.0 Å². The van der Waals surface area contributed by atoms with Crippen LogP contribution in [0.5, 0.6) is 0 Å². The molecule has 1 aromatic rings. The first-order valence-electron chi connectivity index (χ1n) is 6.28. The largest absolute Gasteiger partial charge is 0.380 e. The van der Waals surface area contributed by atoms with E-state index in [1.54, 1.807) is 12.1 Å². The molecule has 0 aliphatic heterocycles. The van der Waals surface area contributed by atoms with Gasteiger partial charge in [-0.1, -0.05) is 25.4 Å². The van der Waals surface area contributed by atoms with Gasteiger partial charge >= 0.3 is 0 Å². The Balaban J connectivity index is 2.05. The third-order valence-electron chi connectivity index (χ3n) is 3.70. The molecule has 0 bridgehead atoms. The zero-order valence-electron chi connectivity index (χ0n) is 10.3. The van der Waals surface area contributed by atoms with Gasteiger partial charge in [0.1, 0.15) is 5.82 Å². The van der Waals surface area contributed by atoms with Crippen molar-refractivity contribution in [1.82, 2.24) is 0 Å². The molecule has 0 saturated heterocycles. The summed E-state index contributed by atoms with van der Waals surface area (Å²) in [5.41, 5.74) is 0.570. The zero-order chi connectivity index (χ0) is 12.4. The summed E-state index contributed by atoms with van der Waals surface area (Å²) >= 11 is 5.74. The Labute approximate surface area is 107 Å². The average molecular weight is 256 g/mol. The van der Waals surface area contributed by atoms with Crippen molar-refractivity contribution in [2.24, 2.45) is 11.8 Å². The maximum absolute atomic E-state index is 13.7. The quantitative estimate of drug-likeness (QED) is 0.807. The summed E-state index contributed by atoms with van der Waals surface area (Å²) < 4.78 is 13.7. The van der Waals surface area contributed by atoms with E-state index in [0.29, 0.717) is 22.7 Å². The van der Waals surface area contributed by atoms with Gasteiger partial charge in [-0.2, -0.15) is 0 Å². The molecule has 1 nitrogen and oxygen atoms in total. The summed E-state index contributed by atoms with van der Waals surface area (Å²) in [6, 6.07) is 5.19. The van der Waals surface area contributed by atoms with Crippen LogP contribution in [0.1, 0.15) is 33.1 Å². The van der Waals surface area contributed by atoms with Crippen LogP contribution < -0.4 is 5.32 Å². The van der Waals surface area contributed by atoms with E-state index >= 15 is 0 Å². The van der Waals surface area contributed by atoms with Crippen LogP contribution in [0.25, 0.3) is 0 Å². The highest BCUT2D eigenvalue weighted by atomic mass is 35.5. The molecule has 3 unspecified atom stereocenters. The molecule has 0 radical (unpaired) electrons. The van der Waals surface area contributed by atoms with Crippen LogP contribution in [0, 0.1) is 17.7 Å². The summed E-state index contributed by atoms with van der Waals surface area (Å²) in [6.45, 7) is 4.52. The Morgan fingerprint density at radius 1 is 1.29 bits per heavy atom. The summed E-state index contributed by atoms with van der Waals surface area (Å²) in [7, 11) is 0. The van der Waals surface area contributed by atoms with Gasteiger partial charge in [-0.05, 0) is 49.3 Å². The van der Waals surface area contributed by atoms with Crippen molar-refractivity contribution in [3.05, 3.63) is 29.0 Å². The Kier molecular flexibility index (Phi) is 3.93. The predicted octanol–water partition coefficient (Wildman–Crippen LogP) is 4.72. The first kappa shape index (κ1) is 12.7. The van der Waals surface area contributed by atoms with Crippen molar-refractivity contribution >= 4 is 17.3 Å². The number of benzene rings is 1. The second-order valence-electron chi connectivity index (χ2n) is 5.27. The van der Waals surface area contributed by atoms with Crippen LogP contribution in [0.15, 0.2) is 18.2 Å². The van der Waals surface area contributed by atoms with Crippen LogP contribution in [0.3, 0.4) is 0 Å². The van der Waals surface area contributed by atoms with E-state index in [1.807, 2.05) is 0 Å². The molecule has 3 heteroatoms. The van der Waals surface area contributed by atoms with Gasteiger partial charge in [-0.3, -0.25) is 0 Å². The summed E-state index contributed by atoms with van der Waals surface area (Å²) in [5, 5.41) is 3.76. The van der Waals surface area contributed by atoms with Gasteiger partial charge in [0.2, 0.25) is 0 Å². The number of nitrogens with one attached hydrogen (secondary N) is 1. The Morgan fingerprint density at radius 2 is 2.06 bits per heavy atom. The van der Waals surface area contributed by atoms with Gasteiger partial charge in [-0.15, -0.1) is 0 Å². The Morgan fingerprint density at radius 3 is 2.71 bits per heavy atom. The molecule has 0 heterocycles. The number of hydrogen-bond acceptors (Lipinski definition) is 1. The maximum Gasteiger partial charge on any atom is 0.147 e. The van der Waals surface area contributed by atoms with Crippen molar-refractivity contribution in [3.63, 3.8) is 0 Å². The van der Waals surface area contributed by atoms with E-state index in [1.165, 1.54) is 18.9 Å². The molecule has 1 aliphatic carbocycles. The molecule has 3 atom stereocenters. The van der Waals surface area contributed by atoms with Gasteiger partial charge in [0, 0.05) is 11.1 Å². The normalized spacial score (nSPS) is 29.1. The number of anilines is 1. The highest BCUT2D eigenvalue weighted by Gasteiger charge is 2.25. The fourth-order valence-corrected chi connectivity index (χ4v) is 2.84. The first-order valence-corrected chi connectivity index (χ1v) is 6.65. The molecule has 1 saturated carbocycles. The number of rotatable bonds is 2. The van der Waals surface area contributed by atoms with Gasteiger partial charge in [-0.25, -0.2) is 4.39 Å². The van der Waals surface area contributed by atoms with Crippen LogP contribution >= 0.6 is 11.6 Å². The third kappa shape index (κ3) is 3.12. The summed E-state index contributed by atoms with van der Waals surface area (Å²) in [4.78, 5) is 0. The Bertz CT molecular complexity index is 394. The molecule has 0 aromatic heterocycles. The molecule has 17 heavy (non-hydrogen) atoms. The van der Waals surface area contributed by atoms with Crippen LogP contribution in [0.4, 0.5) is 10.1 Å². The van der Waals surface area contributed by atoms with Crippen molar-refractivity contribution in [3.8, 4) is 0 Å². The predicted molar refractivity (Wildman–Crippen MR) is 71.0 cm³/mol. The summed E-state index contributed by atoms with van der Waals surface area (Å²) in [5.74, 6) is 1.12. The molecule has 0 amide bonds. The molecular weight excluding hydrogens is 237 g/mol. The maximum atomic E-state index is 13.7. The monoisotopic (exact) mass is 255 g/mol. The molecule has 1 N–H and O–H groups in total. The standard InChI is InChI=1S/C14H19ClFN/c1-9-3-5-13(10(2)7-9)17-14-6-4-11(15)8-12(14)16/h4,6,8-10,13,17H,3,5,7H2,1-2H3. The van der Waals surface area contributed by atoms with Crippen LogP contribution in [0.2, 0.25) is 5.02 Å². The van der Waals surface area contributed by atoms with E-state index in [4.69, 9.17) is 11.6 Å². The summed E-state index contributed by atoms with van der Waals surface area (Å²) in [6.07, 6.45) is 3.55. The third-order valence-corrected chi connectivity index (χ3v) is 3.94. The average Bonchev–Trinajstić information content (AvgIpc) is 2.25. The molecule has 1 fully saturated rings.